The number of likely N-dealkylation sites (tertiary alicyclic amines) is 2. The molecular formula is C20H42N4O. The van der Waals surface area contributed by atoms with Gasteiger partial charge in [0.2, 0.25) is 0 Å². The van der Waals surface area contributed by atoms with Crippen molar-refractivity contribution < 1.29 is 4.74 Å². The first-order valence-electron chi connectivity index (χ1n) is 10.4. The predicted molar refractivity (Wildman–Crippen MR) is 106 cm³/mol. The number of ether oxygens (including phenoxy) is 1. The van der Waals surface area contributed by atoms with Crippen LogP contribution in [0.25, 0.3) is 0 Å². The van der Waals surface area contributed by atoms with Crippen molar-refractivity contribution in [1.82, 2.24) is 9.80 Å². The zero-order valence-electron chi connectivity index (χ0n) is 16.9. The summed E-state index contributed by atoms with van der Waals surface area (Å²) in [6.45, 7) is 15.9. The summed E-state index contributed by atoms with van der Waals surface area (Å²) in [4.78, 5) is 5.06. The highest BCUT2D eigenvalue weighted by molar-refractivity contribution is 4.86. The summed E-state index contributed by atoms with van der Waals surface area (Å²) < 4.78 is 5.27. The van der Waals surface area contributed by atoms with Crippen LogP contribution in [0.2, 0.25) is 0 Å². The number of hydrogen-bond acceptors (Lipinski definition) is 5. The van der Waals surface area contributed by atoms with E-state index >= 15 is 0 Å². The highest BCUT2D eigenvalue weighted by Gasteiger charge is 2.34. The Morgan fingerprint density at radius 3 is 2.32 bits per heavy atom. The summed E-state index contributed by atoms with van der Waals surface area (Å²) in [7, 11) is 0. The molecule has 0 aromatic heterocycles. The first-order chi connectivity index (χ1) is 11.9. The summed E-state index contributed by atoms with van der Waals surface area (Å²) in [5, 5.41) is 0. The lowest BCUT2D eigenvalue weighted by molar-refractivity contribution is -0.0830. The lowest BCUT2D eigenvalue weighted by Gasteiger charge is -2.45. The fourth-order valence-corrected chi connectivity index (χ4v) is 4.09. The molecule has 3 heterocycles. The molecule has 3 aliphatic rings. The van der Waals surface area contributed by atoms with E-state index in [9.17, 15) is 0 Å². The first kappa shape index (κ1) is 21.1. The molecule has 0 radical (unpaired) electrons. The Morgan fingerprint density at radius 1 is 1.04 bits per heavy atom. The van der Waals surface area contributed by atoms with E-state index in [-0.39, 0.29) is 0 Å². The average molecular weight is 355 g/mol. The molecule has 2 unspecified atom stereocenters. The van der Waals surface area contributed by atoms with E-state index in [4.69, 9.17) is 16.2 Å². The normalized spacial score (nSPS) is 29.6. The van der Waals surface area contributed by atoms with Crippen LogP contribution in [-0.4, -0.2) is 74.4 Å². The van der Waals surface area contributed by atoms with Gasteiger partial charge in [-0.15, -0.1) is 0 Å². The lowest BCUT2D eigenvalue weighted by Crippen LogP contribution is -2.53. The molecular weight excluding hydrogens is 312 g/mol. The summed E-state index contributed by atoms with van der Waals surface area (Å²) in [6, 6.07) is 1.14. The van der Waals surface area contributed by atoms with E-state index in [1.807, 2.05) is 0 Å². The van der Waals surface area contributed by atoms with E-state index in [0.29, 0.717) is 11.5 Å². The molecule has 25 heavy (non-hydrogen) atoms. The molecule has 0 saturated carbocycles. The summed E-state index contributed by atoms with van der Waals surface area (Å²) >= 11 is 0. The topological polar surface area (TPSA) is 67.8 Å². The van der Waals surface area contributed by atoms with Gasteiger partial charge < -0.3 is 21.1 Å². The molecule has 5 nitrogen and oxygen atoms in total. The molecule has 148 valence electrons. The van der Waals surface area contributed by atoms with Crippen molar-refractivity contribution in [2.24, 2.45) is 22.8 Å². The highest BCUT2D eigenvalue weighted by Crippen LogP contribution is 2.34. The average Bonchev–Trinajstić information content (AvgIpc) is 2.51. The van der Waals surface area contributed by atoms with Gasteiger partial charge in [-0.1, -0.05) is 20.8 Å². The molecule has 0 aromatic rings. The first-order valence-corrected chi connectivity index (χ1v) is 10.4. The van der Waals surface area contributed by atoms with Gasteiger partial charge in [0.25, 0.3) is 0 Å². The Hall–Kier alpha value is -0.200. The molecule has 3 rings (SSSR count). The van der Waals surface area contributed by atoms with Crippen molar-refractivity contribution >= 4 is 0 Å². The van der Waals surface area contributed by atoms with Crippen molar-refractivity contribution in [1.29, 1.82) is 0 Å². The second-order valence-corrected chi connectivity index (χ2v) is 9.24. The Labute approximate surface area is 155 Å². The fraction of sp³-hybridized carbons (Fsp3) is 1.00. The van der Waals surface area contributed by atoms with Crippen LogP contribution in [0.15, 0.2) is 0 Å². The van der Waals surface area contributed by atoms with Gasteiger partial charge in [0.05, 0.1) is 19.3 Å². The van der Waals surface area contributed by atoms with Gasteiger partial charge in [0.1, 0.15) is 0 Å². The monoisotopic (exact) mass is 354 g/mol. The third-order valence-electron chi connectivity index (χ3n) is 6.03. The minimum absolute atomic E-state index is 0.404. The Morgan fingerprint density at radius 2 is 1.76 bits per heavy atom. The number of nitrogens with two attached hydrogens (primary N) is 2. The van der Waals surface area contributed by atoms with E-state index in [2.05, 4.69) is 30.6 Å². The molecule has 3 fully saturated rings. The van der Waals surface area contributed by atoms with Gasteiger partial charge in [0.15, 0.2) is 0 Å². The van der Waals surface area contributed by atoms with Crippen LogP contribution in [-0.2, 0) is 4.74 Å². The van der Waals surface area contributed by atoms with Crippen LogP contribution in [0.3, 0.4) is 0 Å². The summed E-state index contributed by atoms with van der Waals surface area (Å²) in [5.41, 5.74) is 11.7. The van der Waals surface area contributed by atoms with Gasteiger partial charge in [-0.2, -0.15) is 0 Å². The highest BCUT2D eigenvalue weighted by atomic mass is 16.5. The van der Waals surface area contributed by atoms with Crippen molar-refractivity contribution in [2.45, 2.75) is 65.0 Å². The molecule has 3 saturated heterocycles. The molecule has 0 aliphatic carbocycles. The molecule has 0 amide bonds. The van der Waals surface area contributed by atoms with E-state index < -0.39 is 0 Å². The van der Waals surface area contributed by atoms with Crippen LogP contribution >= 0.6 is 0 Å². The van der Waals surface area contributed by atoms with E-state index in [1.165, 1.54) is 45.3 Å². The molecule has 3 aliphatic heterocycles. The largest absolute Gasteiger partial charge is 0.378 e. The Kier molecular flexibility index (Phi) is 8.62. The van der Waals surface area contributed by atoms with Gasteiger partial charge in [-0.05, 0) is 69.6 Å². The molecule has 0 bridgehead atoms. The van der Waals surface area contributed by atoms with Crippen LogP contribution in [0.5, 0.6) is 0 Å². The van der Waals surface area contributed by atoms with Gasteiger partial charge in [0, 0.05) is 19.1 Å². The SMILES string of the molecule is CC(C)(C)C1CCCN(C2COC2)C1.NCCCN1CCCC(N)C1. The van der Waals surface area contributed by atoms with Crippen LogP contribution < -0.4 is 11.5 Å². The number of rotatable bonds is 4. The maximum Gasteiger partial charge on any atom is 0.0645 e. The van der Waals surface area contributed by atoms with Crippen molar-refractivity contribution in [3.63, 3.8) is 0 Å². The quantitative estimate of drug-likeness (QED) is 0.807. The number of hydrogen-bond donors (Lipinski definition) is 2. The van der Waals surface area contributed by atoms with Crippen molar-refractivity contribution in [3.8, 4) is 0 Å². The second-order valence-electron chi connectivity index (χ2n) is 9.24. The predicted octanol–water partition coefficient (Wildman–Crippen LogP) is 1.90. The minimum Gasteiger partial charge on any atom is -0.378 e. The van der Waals surface area contributed by atoms with Gasteiger partial charge >= 0.3 is 0 Å². The lowest BCUT2D eigenvalue weighted by atomic mass is 9.76. The number of piperidine rings is 2. The van der Waals surface area contributed by atoms with Crippen LogP contribution in [0.4, 0.5) is 0 Å². The third-order valence-corrected chi connectivity index (χ3v) is 6.03. The third kappa shape index (κ3) is 7.14. The van der Waals surface area contributed by atoms with Gasteiger partial charge in [-0.25, -0.2) is 0 Å². The molecule has 2 atom stereocenters. The number of nitrogens with zero attached hydrogens (tertiary/aromatic N) is 2. The zero-order valence-corrected chi connectivity index (χ0v) is 16.9. The van der Waals surface area contributed by atoms with Crippen molar-refractivity contribution in [3.05, 3.63) is 0 Å². The minimum atomic E-state index is 0.404. The Balaban J connectivity index is 0.000000186. The Bertz CT molecular complexity index is 367. The standard InChI is InChI=1S/C12H23NO.C8H19N3/c1-12(2,3)10-5-4-6-13(7-10)11-8-14-9-11;9-4-2-6-11-5-1-3-8(10)7-11/h10-11H,4-9H2,1-3H3;8H,1-7,9-10H2. The zero-order chi connectivity index (χ0) is 18.3. The maximum absolute atomic E-state index is 5.82. The van der Waals surface area contributed by atoms with Gasteiger partial charge in [-0.3, -0.25) is 4.90 Å². The maximum atomic E-state index is 5.82. The van der Waals surface area contributed by atoms with Crippen molar-refractivity contribution in [2.75, 3.05) is 52.5 Å². The summed E-state index contributed by atoms with van der Waals surface area (Å²) in [5.74, 6) is 0.872. The second kappa shape index (κ2) is 10.2. The van der Waals surface area contributed by atoms with Crippen LogP contribution in [0, 0.1) is 11.3 Å². The fourth-order valence-electron chi connectivity index (χ4n) is 4.09. The molecule has 0 aromatic carbocycles. The molecule has 5 heteroatoms. The van der Waals surface area contributed by atoms with Crippen LogP contribution in [0.1, 0.15) is 52.9 Å². The smallest absolute Gasteiger partial charge is 0.0645 e. The van der Waals surface area contributed by atoms with E-state index in [0.717, 1.165) is 51.2 Å². The van der Waals surface area contributed by atoms with E-state index in [1.54, 1.807) is 0 Å². The molecule has 4 N–H and O–H groups in total. The molecule has 0 spiro atoms. The summed E-state index contributed by atoms with van der Waals surface area (Å²) in [6.07, 6.45) is 6.34.